The number of fused-ring (bicyclic) bond motifs is 5. The molecular formula is C36H33N2+. The summed E-state index contributed by atoms with van der Waals surface area (Å²) in [7, 11) is 2.22. The minimum absolute atomic E-state index is 0.671. The first kappa shape index (κ1) is 22.1. The Labute approximate surface area is 223 Å². The van der Waals surface area contributed by atoms with Crippen molar-refractivity contribution < 1.29 is 4.57 Å². The predicted octanol–water partition coefficient (Wildman–Crippen LogP) is 9.15. The predicted molar refractivity (Wildman–Crippen MR) is 161 cm³/mol. The second kappa shape index (κ2) is 8.04. The maximum Gasteiger partial charge on any atom is 0.224 e. The molecule has 7 aromatic rings. The van der Waals surface area contributed by atoms with Crippen molar-refractivity contribution in [3.8, 4) is 11.1 Å². The minimum Gasteiger partial charge on any atom is -0.307 e. The molecule has 0 aliphatic heterocycles. The van der Waals surface area contributed by atoms with Gasteiger partial charge in [-0.1, -0.05) is 61.7 Å². The van der Waals surface area contributed by atoms with Gasteiger partial charge in [0.25, 0.3) is 0 Å². The third-order valence-corrected chi connectivity index (χ3v) is 9.47. The van der Waals surface area contributed by atoms with E-state index in [1.807, 2.05) is 0 Å². The second-order valence-corrected chi connectivity index (χ2v) is 11.6. The topological polar surface area (TPSA) is 8.29 Å². The van der Waals surface area contributed by atoms with Gasteiger partial charge in [0.2, 0.25) is 5.52 Å². The van der Waals surface area contributed by atoms with Gasteiger partial charge in [-0.3, -0.25) is 0 Å². The Morgan fingerprint density at radius 1 is 0.737 bits per heavy atom. The molecule has 0 bridgehead atoms. The van der Waals surface area contributed by atoms with Crippen LogP contribution in [-0.2, 0) is 7.05 Å². The summed E-state index contributed by atoms with van der Waals surface area (Å²) in [6.07, 6.45) is 8.99. The van der Waals surface area contributed by atoms with Gasteiger partial charge < -0.3 is 4.40 Å². The Kier molecular flexibility index (Phi) is 4.68. The Hall–Kier alpha value is -3.91. The zero-order chi connectivity index (χ0) is 25.5. The Morgan fingerprint density at radius 3 is 2.37 bits per heavy atom. The van der Waals surface area contributed by atoms with E-state index in [4.69, 9.17) is 0 Å². The summed E-state index contributed by atoms with van der Waals surface area (Å²) in [5, 5.41) is 6.86. The fourth-order valence-electron chi connectivity index (χ4n) is 7.41. The molecule has 0 N–H and O–H groups in total. The molecule has 0 unspecified atom stereocenters. The van der Waals surface area contributed by atoms with Crippen molar-refractivity contribution >= 4 is 49.0 Å². The Bertz CT molecular complexity index is 2020. The van der Waals surface area contributed by atoms with Gasteiger partial charge >= 0.3 is 0 Å². The molecule has 0 amide bonds. The molecule has 1 aliphatic rings. The molecule has 4 aromatic carbocycles. The summed E-state index contributed by atoms with van der Waals surface area (Å²) in [6, 6.07) is 27.7. The Morgan fingerprint density at radius 2 is 1.55 bits per heavy atom. The van der Waals surface area contributed by atoms with E-state index in [2.05, 4.69) is 109 Å². The van der Waals surface area contributed by atoms with Crippen molar-refractivity contribution in [1.82, 2.24) is 4.40 Å². The summed E-state index contributed by atoms with van der Waals surface area (Å²) in [5.74, 6) is 0.671. The van der Waals surface area contributed by atoms with E-state index in [1.165, 1.54) is 109 Å². The first-order chi connectivity index (χ1) is 18.6. The third kappa shape index (κ3) is 2.98. The van der Waals surface area contributed by atoms with Crippen molar-refractivity contribution in [3.63, 3.8) is 0 Å². The van der Waals surface area contributed by atoms with Crippen LogP contribution in [0.25, 0.3) is 60.1 Å². The van der Waals surface area contributed by atoms with Crippen LogP contribution in [0.3, 0.4) is 0 Å². The molecule has 0 saturated heterocycles. The van der Waals surface area contributed by atoms with E-state index in [-0.39, 0.29) is 0 Å². The molecule has 3 aromatic heterocycles. The van der Waals surface area contributed by atoms with Gasteiger partial charge in [0.05, 0.1) is 27.3 Å². The van der Waals surface area contributed by atoms with Gasteiger partial charge in [0.15, 0.2) is 6.20 Å². The van der Waals surface area contributed by atoms with Gasteiger partial charge in [-0.05, 0) is 90.1 Å². The number of hydrogen-bond acceptors (Lipinski definition) is 0. The number of rotatable bonds is 2. The largest absolute Gasteiger partial charge is 0.307 e. The van der Waals surface area contributed by atoms with Crippen LogP contribution in [0.4, 0.5) is 0 Å². The van der Waals surface area contributed by atoms with Crippen LogP contribution in [0.1, 0.15) is 54.7 Å². The third-order valence-electron chi connectivity index (χ3n) is 9.47. The summed E-state index contributed by atoms with van der Waals surface area (Å²) in [4.78, 5) is 0. The molecule has 1 aliphatic carbocycles. The van der Waals surface area contributed by atoms with Crippen LogP contribution < -0.4 is 4.57 Å². The van der Waals surface area contributed by atoms with E-state index in [1.54, 1.807) is 0 Å². The van der Waals surface area contributed by atoms with E-state index in [0.717, 1.165) is 0 Å². The average molecular weight is 494 g/mol. The first-order valence-corrected chi connectivity index (χ1v) is 14.2. The lowest BCUT2D eigenvalue weighted by Gasteiger charge is -2.23. The quantitative estimate of drug-likeness (QED) is 0.129. The van der Waals surface area contributed by atoms with Gasteiger partial charge in [0, 0.05) is 16.8 Å². The highest BCUT2D eigenvalue weighted by Gasteiger charge is 2.26. The van der Waals surface area contributed by atoms with Crippen LogP contribution >= 0.6 is 0 Å². The smallest absolute Gasteiger partial charge is 0.224 e. The lowest BCUT2D eigenvalue weighted by molar-refractivity contribution is -0.643. The number of aromatic nitrogens is 2. The fraction of sp³-hybridized carbons (Fsp3) is 0.250. The minimum atomic E-state index is 0.671. The number of hydrogen-bond donors (Lipinski definition) is 0. The summed E-state index contributed by atoms with van der Waals surface area (Å²) in [5.41, 5.74) is 12.2. The number of benzene rings is 4. The fourth-order valence-corrected chi connectivity index (χ4v) is 7.41. The van der Waals surface area contributed by atoms with Crippen molar-refractivity contribution in [3.05, 3.63) is 95.7 Å². The number of nitrogens with zero attached hydrogens (tertiary/aromatic N) is 2. The van der Waals surface area contributed by atoms with Crippen molar-refractivity contribution in [2.24, 2.45) is 7.05 Å². The number of aryl methyl sites for hydroxylation is 3. The van der Waals surface area contributed by atoms with Crippen LogP contribution in [0, 0.1) is 13.8 Å². The molecule has 8 rings (SSSR count). The molecule has 1 saturated carbocycles. The standard InChI is InChI=1S/C36H33N2/c1-22-18-30-29-20-26(24-10-6-4-7-11-24)14-15-31(29)38-32-21-28(25-12-8-5-9-13-25)19-27-16-17-37(3)36(34(27)32)33(23(22)2)35(30)38/h4,6-7,10-11,14-21,25H,5,8-9,12-13H2,1-3H3/q+1. The zero-order valence-corrected chi connectivity index (χ0v) is 22.5. The highest BCUT2D eigenvalue weighted by atomic mass is 15.0. The van der Waals surface area contributed by atoms with Crippen molar-refractivity contribution in [2.45, 2.75) is 51.9 Å². The molecule has 186 valence electrons. The number of pyridine rings is 2. The van der Waals surface area contributed by atoms with E-state index < -0.39 is 0 Å². The van der Waals surface area contributed by atoms with Crippen LogP contribution in [0.15, 0.2) is 79.0 Å². The zero-order valence-electron chi connectivity index (χ0n) is 22.5. The molecule has 2 nitrogen and oxygen atoms in total. The highest BCUT2D eigenvalue weighted by Crippen LogP contribution is 2.44. The molecule has 3 heterocycles. The van der Waals surface area contributed by atoms with Crippen molar-refractivity contribution in [2.75, 3.05) is 0 Å². The SMILES string of the molecule is Cc1cc2c3cc(-c4ccccc4)ccc3n3c4cc(C5CCCCC5)cc5cc[n+](C)c(c(c1C)c23)c54. The lowest BCUT2D eigenvalue weighted by atomic mass is 9.83. The van der Waals surface area contributed by atoms with Gasteiger partial charge in [-0.25, -0.2) is 4.57 Å². The molecule has 0 atom stereocenters. The van der Waals surface area contributed by atoms with E-state index >= 15 is 0 Å². The maximum atomic E-state index is 2.60. The molecule has 2 heteroatoms. The Balaban J connectivity index is 1.59. The van der Waals surface area contributed by atoms with Crippen LogP contribution in [0.5, 0.6) is 0 Å². The highest BCUT2D eigenvalue weighted by molar-refractivity contribution is 6.26. The first-order valence-electron chi connectivity index (χ1n) is 14.2. The summed E-state index contributed by atoms with van der Waals surface area (Å²) in [6.45, 7) is 4.58. The van der Waals surface area contributed by atoms with Gasteiger partial charge in [-0.15, -0.1) is 0 Å². The van der Waals surface area contributed by atoms with Gasteiger partial charge in [0.1, 0.15) is 7.05 Å². The van der Waals surface area contributed by atoms with E-state index in [9.17, 15) is 0 Å². The van der Waals surface area contributed by atoms with Gasteiger partial charge in [-0.2, -0.15) is 0 Å². The summed E-state index contributed by atoms with van der Waals surface area (Å²) >= 11 is 0. The summed E-state index contributed by atoms with van der Waals surface area (Å²) < 4.78 is 4.95. The molecule has 0 radical (unpaired) electrons. The molecule has 0 spiro atoms. The second-order valence-electron chi connectivity index (χ2n) is 11.6. The molecule has 38 heavy (non-hydrogen) atoms. The average Bonchev–Trinajstić information content (AvgIpc) is 3.28. The maximum absolute atomic E-state index is 2.60. The van der Waals surface area contributed by atoms with Crippen LogP contribution in [0.2, 0.25) is 0 Å². The monoisotopic (exact) mass is 493 g/mol. The van der Waals surface area contributed by atoms with Crippen LogP contribution in [-0.4, -0.2) is 4.40 Å². The lowest BCUT2D eigenvalue weighted by Crippen LogP contribution is -2.29. The van der Waals surface area contributed by atoms with E-state index in [0.29, 0.717) is 5.92 Å². The molecule has 1 fully saturated rings. The normalized spacial score (nSPS) is 15.1. The van der Waals surface area contributed by atoms with Crippen molar-refractivity contribution in [1.29, 1.82) is 0 Å². The molecular weight excluding hydrogens is 460 g/mol.